The molecule has 0 spiro atoms. The standard InChI is InChI=1S/C9H12N6O4/c1-19-9-11-6(7(13-16)15(17)18)10-8(12-9)14-4-2-3-5-14/h16H,2-5H2,1H3/b13-7-. The summed E-state index contributed by atoms with van der Waals surface area (Å²) < 4.78 is 4.88. The van der Waals surface area contributed by atoms with Crippen molar-refractivity contribution in [2.75, 3.05) is 25.1 Å². The third-order valence-electron chi connectivity index (χ3n) is 2.64. The molecule has 2 heterocycles. The van der Waals surface area contributed by atoms with Crippen LogP contribution in [0.5, 0.6) is 6.01 Å². The Kier molecular flexibility index (Phi) is 3.68. The van der Waals surface area contributed by atoms with Crippen molar-refractivity contribution in [3.63, 3.8) is 0 Å². The van der Waals surface area contributed by atoms with Gasteiger partial charge in [-0.05, 0) is 17.8 Å². The lowest BCUT2D eigenvalue weighted by Crippen LogP contribution is -2.24. The average Bonchev–Trinajstić information content (AvgIpc) is 2.92. The normalized spacial score (nSPS) is 15.6. The van der Waals surface area contributed by atoms with Crippen molar-refractivity contribution in [2.24, 2.45) is 5.16 Å². The van der Waals surface area contributed by atoms with Crippen LogP contribution in [0.2, 0.25) is 0 Å². The number of rotatable bonds is 3. The minimum absolute atomic E-state index is 0.0603. The van der Waals surface area contributed by atoms with Crippen molar-refractivity contribution < 1.29 is 14.9 Å². The summed E-state index contributed by atoms with van der Waals surface area (Å²) in [6.07, 6.45) is 2.00. The van der Waals surface area contributed by atoms with Crippen LogP contribution in [-0.4, -0.2) is 51.1 Å². The van der Waals surface area contributed by atoms with Crippen molar-refractivity contribution in [1.29, 1.82) is 0 Å². The van der Waals surface area contributed by atoms with Gasteiger partial charge in [0, 0.05) is 13.1 Å². The third kappa shape index (κ3) is 2.67. The van der Waals surface area contributed by atoms with Crippen LogP contribution < -0.4 is 9.64 Å². The molecule has 1 aromatic rings. The fraction of sp³-hybridized carbons (Fsp3) is 0.556. The van der Waals surface area contributed by atoms with E-state index < -0.39 is 10.8 Å². The summed E-state index contributed by atoms with van der Waals surface area (Å²) in [7, 11) is 1.34. The van der Waals surface area contributed by atoms with Crippen LogP contribution in [0.1, 0.15) is 18.7 Å². The molecule has 0 bridgehead atoms. The van der Waals surface area contributed by atoms with Gasteiger partial charge in [0.2, 0.25) is 5.95 Å². The van der Waals surface area contributed by atoms with Crippen molar-refractivity contribution in [2.45, 2.75) is 12.8 Å². The molecule has 1 N–H and O–H groups in total. The first kappa shape index (κ1) is 12.9. The minimum atomic E-state index is -0.872. The summed E-state index contributed by atoms with van der Waals surface area (Å²) in [5.74, 6) is -0.898. The molecular formula is C9H12N6O4. The maximum absolute atomic E-state index is 10.7. The summed E-state index contributed by atoms with van der Waals surface area (Å²) in [6, 6.07) is -0.0603. The van der Waals surface area contributed by atoms with Gasteiger partial charge in [0.05, 0.1) is 7.11 Å². The summed E-state index contributed by atoms with van der Waals surface area (Å²) in [5, 5.41) is 22.0. The van der Waals surface area contributed by atoms with E-state index in [1.54, 1.807) is 0 Å². The van der Waals surface area contributed by atoms with Crippen molar-refractivity contribution in [3.05, 3.63) is 15.9 Å². The number of hydrogen-bond acceptors (Lipinski definition) is 9. The van der Waals surface area contributed by atoms with Crippen LogP contribution in [0.3, 0.4) is 0 Å². The molecule has 1 saturated heterocycles. The highest BCUT2D eigenvalue weighted by Crippen LogP contribution is 2.18. The second-order valence-electron chi connectivity index (χ2n) is 3.82. The van der Waals surface area contributed by atoms with Crippen molar-refractivity contribution in [1.82, 2.24) is 15.0 Å². The van der Waals surface area contributed by atoms with Gasteiger partial charge in [-0.15, -0.1) is 0 Å². The zero-order valence-electron chi connectivity index (χ0n) is 10.2. The Balaban J connectivity index is 2.43. The predicted molar refractivity (Wildman–Crippen MR) is 63.1 cm³/mol. The van der Waals surface area contributed by atoms with Gasteiger partial charge in [0.15, 0.2) is 5.16 Å². The van der Waals surface area contributed by atoms with Gasteiger partial charge in [-0.25, -0.2) is 0 Å². The number of methoxy groups -OCH3 is 1. The SMILES string of the molecule is COc1nc(/C(=N/O)[N+](=O)[O-])nc(N2CCCC2)n1. The number of aromatic nitrogens is 3. The first-order chi connectivity index (χ1) is 9.15. The molecule has 0 saturated carbocycles. The number of amidine groups is 1. The van der Waals surface area contributed by atoms with Gasteiger partial charge in [-0.2, -0.15) is 15.0 Å². The van der Waals surface area contributed by atoms with Crippen molar-refractivity contribution in [3.8, 4) is 6.01 Å². The zero-order valence-corrected chi connectivity index (χ0v) is 10.2. The number of oxime groups is 1. The Morgan fingerprint density at radius 1 is 1.42 bits per heavy atom. The van der Waals surface area contributed by atoms with Gasteiger partial charge in [-0.3, -0.25) is 0 Å². The molecule has 0 radical (unpaired) electrons. The van der Waals surface area contributed by atoms with Gasteiger partial charge < -0.3 is 25.0 Å². The predicted octanol–water partition coefficient (Wildman–Crippen LogP) is -0.107. The number of nitro groups is 1. The van der Waals surface area contributed by atoms with Crippen molar-refractivity contribution >= 4 is 11.8 Å². The van der Waals surface area contributed by atoms with E-state index in [4.69, 9.17) is 9.94 Å². The lowest BCUT2D eigenvalue weighted by Gasteiger charge is -2.15. The zero-order chi connectivity index (χ0) is 13.8. The Hall–Kier alpha value is -2.52. The van der Waals surface area contributed by atoms with E-state index in [9.17, 15) is 10.1 Å². The maximum Gasteiger partial charge on any atom is 0.454 e. The van der Waals surface area contributed by atoms with E-state index in [0.29, 0.717) is 0 Å². The number of ether oxygens (including phenoxy) is 1. The van der Waals surface area contributed by atoms with Crippen LogP contribution in [0.4, 0.5) is 5.95 Å². The quantitative estimate of drug-likeness (QED) is 0.264. The van der Waals surface area contributed by atoms with Crippen LogP contribution >= 0.6 is 0 Å². The summed E-state index contributed by atoms with van der Waals surface area (Å²) in [4.78, 5) is 23.4. The molecule has 0 unspecified atom stereocenters. The first-order valence-electron chi connectivity index (χ1n) is 5.57. The molecule has 1 aliphatic heterocycles. The molecule has 0 amide bonds. The van der Waals surface area contributed by atoms with E-state index in [2.05, 4.69) is 20.1 Å². The highest BCUT2D eigenvalue weighted by atomic mass is 16.6. The van der Waals surface area contributed by atoms with Gasteiger partial charge in [-0.1, -0.05) is 0 Å². The molecule has 102 valence electrons. The third-order valence-corrected chi connectivity index (χ3v) is 2.64. The van der Waals surface area contributed by atoms with Crippen LogP contribution in [0.25, 0.3) is 0 Å². The molecule has 1 aliphatic rings. The van der Waals surface area contributed by atoms with E-state index in [0.717, 1.165) is 25.9 Å². The fourth-order valence-corrected chi connectivity index (χ4v) is 1.76. The highest BCUT2D eigenvalue weighted by molar-refractivity contribution is 5.88. The van der Waals surface area contributed by atoms with E-state index in [-0.39, 0.29) is 17.8 Å². The summed E-state index contributed by atoms with van der Waals surface area (Å²) in [6.45, 7) is 1.52. The number of nitrogens with zero attached hydrogens (tertiary/aromatic N) is 6. The Morgan fingerprint density at radius 3 is 2.63 bits per heavy atom. The fourth-order valence-electron chi connectivity index (χ4n) is 1.76. The summed E-state index contributed by atoms with van der Waals surface area (Å²) in [5.41, 5.74) is 0. The molecule has 0 aliphatic carbocycles. The average molecular weight is 268 g/mol. The highest BCUT2D eigenvalue weighted by Gasteiger charge is 2.26. The second kappa shape index (κ2) is 5.42. The molecule has 1 aromatic heterocycles. The molecule has 0 atom stereocenters. The Labute approximate surface area is 107 Å². The lowest BCUT2D eigenvalue weighted by molar-refractivity contribution is -0.351. The maximum atomic E-state index is 10.7. The smallest absolute Gasteiger partial charge is 0.454 e. The first-order valence-corrected chi connectivity index (χ1v) is 5.57. The Morgan fingerprint density at radius 2 is 2.11 bits per heavy atom. The molecule has 19 heavy (non-hydrogen) atoms. The number of hydrogen-bond donors (Lipinski definition) is 1. The monoisotopic (exact) mass is 268 g/mol. The molecule has 10 heteroatoms. The van der Waals surface area contributed by atoms with Crippen LogP contribution in [0, 0.1) is 10.1 Å². The van der Waals surface area contributed by atoms with Gasteiger partial charge in [0.1, 0.15) is 0 Å². The molecule has 1 fully saturated rings. The minimum Gasteiger partial charge on any atom is -0.467 e. The Bertz CT molecular complexity index is 513. The molecule has 2 rings (SSSR count). The van der Waals surface area contributed by atoms with Crippen LogP contribution in [0.15, 0.2) is 5.16 Å². The number of anilines is 1. The van der Waals surface area contributed by atoms with Gasteiger partial charge >= 0.3 is 11.8 Å². The molecule has 10 nitrogen and oxygen atoms in total. The van der Waals surface area contributed by atoms with Gasteiger partial charge in [0.25, 0.3) is 5.82 Å². The molecular weight excluding hydrogens is 256 g/mol. The topological polar surface area (TPSA) is 127 Å². The lowest BCUT2D eigenvalue weighted by atomic mass is 10.4. The van der Waals surface area contributed by atoms with E-state index in [1.807, 2.05) is 4.90 Å². The van der Waals surface area contributed by atoms with E-state index in [1.165, 1.54) is 7.11 Å². The summed E-state index contributed by atoms with van der Waals surface area (Å²) >= 11 is 0. The largest absolute Gasteiger partial charge is 0.467 e. The van der Waals surface area contributed by atoms with Crippen LogP contribution in [-0.2, 0) is 0 Å². The molecule has 0 aromatic carbocycles. The second-order valence-corrected chi connectivity index (χ2v) is 3.82. The van der Waals surface area contributed by atoms with E-state index >= 15 is 0 Å².